The number of ether oxygens (including phenoxy) is 1. The van der Waals surface area contributed by atoms with E-state index in [1.807, 2.05) is 6.92 Å². The van der Waals surface area contributed by atoms with Gasteiger partial charge in [-0.1, -0.05) is 5.16 Å². The maximum Gasteiger partial charge on any atom is 0.340 e. The predicted molar refractivity (Wildman–Crippen MR) is 75.8 cm³/mol. The van der Waals surface area contributed by atoms with Gasteiger partial charge in [0.25, 0.3) is 0 Å². The summed E-state index contributed by atoms with van der Waals surface area (Å²) in [4.78, 5) is 28.1. The molecule has 3 aromatic heterocycles. The number of esters is 1. The molecule has 0 bridgehead atoms. The number of Topliss-reactive ketones (excluding diaryl/α,β-unsaturated/α-hetero) is 1. The van der Waals surface area contributed by atoms with Gasteiger partial charge >= 0.3 is 5.97 Å². The summed E-state index contributed by atoms with van der Waals surface area (Å²) in [5.74, 6) is -0.926. The first kappa shape index (κ1) is 14.0. The summed E-state index contributed by atoms with van der Waals surface area (Å²) in [6.07, 6.45) is 4.59. The minimum atomic E-state index is -0.572. The summed E-state index contributed by atoms with van der Waals surface area (Å²) < 4.78 is 11.5. The standard InChI is InChI=1S/C15H13N3O4/c1-9-5-16-14-4-3-11(6-18(9)14)15(20)21-8-13(19)12-7-22-17-10(12)2/h3-7H,8H2,1-2H3. The van der Waals surface area contributed by atoms with Crippen LogP contribution in [0, 0.1) is 13.8 Å². The molecule has 0 aromatic carbocycles. The summed E-state index contributed by atoms with van der Waals surface area (Å²) in [7, 11) is 0. The minimum Gasteiger partial charge on any atom is -0.454 e. The van der Waals surface area contributed by atoms with Crippen LogP contribution in [0.2, 0.25) is 0 Å². The van der Waals surface area contributed by atoms with Crippen molar-refractivity contribution in [3.63, 3.8) is 0 Å². The Morgan fingerprint density at radius 1 is 1.32 bits per heavy atom. The van der Waals surface area contributed by atoms with Gasteiger partial charge in [-0.25, -0.2) is 9.78 Å². The topological polar surface area (TPSA) is 86.7 Å². The molecule has 0 atom stereocenters. The molecule has 3 aromatic rings. The number of carbonyl (C=O) groups is 2. The van der Waals surface area contributed by atoms with Gasteiger partial charge in [-0.2, -0.15) is 0 Å². The van der Waals surface area contributed by atoms with Crippen LogP contribution in [0.15, 0.2) is 35.3 Å². The molecule has 0 saturated carbocycles. The lowest BCUT2D eigenvalue weighted by molar-refractivity contribution is 0.0474. The molecule has 0 aliphatic carbocycles. The third-order valence-corrected chi connectivity index (χ3v) is 3.31. The first-order valence-corrected chi connectivity index (χ1v) is 6.61. The lowest BCUT2D eigenvalue weighted by Crippen LogP contribution is -2.15. The van der Waals surface area contributed by atoms with Crippen LogP contribution in [-0.2, 0) is 4.74 Å². The van der Waals surface area contributed by atoms with Crippen molar-refractivity contribution in [2.45, 2.75) is 13.8 Å². The number of hydrogen-bond donors (Lipinski definition) is 0. The predicted octanol–water partition coefficient (Wildman–Crippen LogP) is 1.98. The average molecular weight is 299 g/mol. The number of imidazole rings is 1. The number of aryl methyl sites for hydroxylation is 2. The molecule has 112 valence electrons. The lowest BCUT2D eigenvalue weighted by atomic mass is 10.2. The van der Waals surface area contributed by atoms with E-state index in [0.29, 0.717) is 16.8 Å². The van der Waals surface area contributed by atoms with E-state index in [9.17, 15) is 9.59 Å². The number of nitrogens with zero attached hydrogens (tertiary/aromatic N) is 3. The summed E-state index contributed by atoms with van der Waals surface area (Å²) in [5, 5.41) is 3.61. The van der Waals surface area contributed by atoms with Crippen molar-refractivity contribution in [1.29, 1.82) is 0 Å². The largest absolute Gasteiger partial charge is 0.454 e. The van der Waals surface area contributed by atoms with Gasteiger partial charge in [0.05, 0.1) is 16.8 Å². The molecule has 0 aliphatic rings. The van der Waals surface area contributed by atoms with Crippen molar-refractivity contribution in [1.82, 2.24) is 14.5 Å². The van der Waals surface area contributed by atoms with Crippen molar-refractivity contribution in [3.8, 4) is 0 Å². The quantitative estimate of drug-likeness (QED) is 0.541. The highest BCUT2D eigenvalue weighted by molar-refractivity contribution is 5.99. The zero-order chi connectivity index (χ0) is 15.7. The summed E-state index contributed by atoms with van der Waals surface area (Å²) >= 11 is 0. The Hall–Kier alpha value is -2.96. The van der Waals surface area contributed by atoms with Crippen molar-refractivity contribution < 1.29 is 18.8 Å². The maximum atomic E-state index is 12.0. The second-order valence-electron chi connectivity index (χ2n) is 4.86. The van der Waals surface area contributed by atoms with Gasteiger partial charge in [0.15, 0.2) is 6.61 Å². The van der Waals surface area contributed by atoms with Gasteiger partial charge in [-0.3, -0.25) is 4.79 Å². The van der Waals surface area contributed by atoms with Gasteiger partial charge < -0.3 is 13.7 Å². The Morgan fingerprint density at radius 2 is 2.14 bits per heavy atom. The van der Waals surface area contributed by atoms with E-state index in [-0.39, 0.29) is 12.4 Å². The minimum absolute atomic E-state index is 0.314. The molecule has 0 amide bonds. The Bertz CT molecular complexity index is 863. The molecule has 0 radical (unpaired) electrons. The third-order valence-electron chi connectivity index (χ3n) is 3.31. The Kier molecular flexibility index (Phi) is 3.46. The fraction of sp³-hybridized carbons (Fsp3) is 0.200. The SMILES string of the molecule is Cc1nocc1C(=O)COC(=O)c1ccc2ncc(C)n2c1. The van der Waals surface area contributed by atoms with Crippen LogP contribution < -0.4 is 0 Å². The van der Waals surface area contributed by atoms with E-state index in [1.165, 1.54) is 6.26 Å². The molecular formula is C15H13N3O4. The van der Waals surface area contributed by atoms with Gasteiger partial charge in [0.2, 0.25) is 5.78 Å². The zero-order valence-corrected chi connectivity index (χ0v) is 12.1. The van der Waals surface area contributed by atoms with Gasteiger partial charge in [-0.15, -0.1) is 0 Å². The number of hydrogen-bond acceptors (Lipinski definition) is 6. The monoisotopic (exact) mass is 299 g/mol. The molecule has 7 nitrogen and oxygen atoms in total. The van der Waals surface area contributed by atoms with Gasteiger partial charge in [0.1, 0.15) is 11.9 Å². The summed E-state index contributed by atoms with van der Waals surface area (Å²) in [6, 6.07) is 3.33. The molecule has 22 heavy (non-hydrogen) atoms. The highest BCUT2D eigenvalue weighted by Gasteiger charge is 2.16. The van der Waals surface area contributed by atoms with Gasteiger partial charge in [-0.05, 0) is 26.0 Å². The average Bonchev–Trinajstić information content (AvgIpc) is 3.10. The summed E-state index contributed by atoms with van der Waals surface area (Å²) in [5.41, 5.74) is 2.78. The van der Waals surface area contributed by atoms with E-state index < -0.39 is 5.97 Å². The van der Waals surface area contributed by atoms with Crippen LogP contribution in [0.5, 0.6) is 0 Å². The van der Waals surface area contributed by atoms with Crippen LogP contribution in [0.3, 0.4) is 0 Å². The fourth-order valence-electron chi connectivity index (χ4n) is 2.08. The van der Waals surface area contributed by atoms with E-state index in [4.69, 9.17) is 4.74 Å². The molecular weight excluding hydrogens is 286 g/mol. The number of carbonyl (C=O) groups excluding carboxylic acids is 2. The number of pyridine rings is 1. The number of aromatic nitrogens is 3. The Morgan fingerprint density at radius 3 is 2.86 bits per heavy atom. The van der Waals surface area contributed by atoms with Crippen LogP contribution in [0.4, 0.5) is 0 Å². The van der Waals surface area contributed by atoms with Crippen molar-refractivity contribution in [3.05, 3.63) is 53.3 Å². The molecule has 0 unspecified atom stereocenters. The molecule has 3 rings (SSSR count). The Balaban J connectivity index is 1.72. The highest BCUT2D eigenvalue weighted by atomic mass is 16.5. The Labute approximate surface area is 125 Å². The van der Waals surface area contributed by atoms with Crippen LogP contribution in [-0.4, -0.2) is 32.9 Å². The first-order chi connectivity index (χ1) is 10.6. The number of rotatable bonds is 4. The second-order valence-corrected chi connectivity index (χ2v) is 4.86. The van der Waals surface area contributed by atoms with Crippen LogP contribution in [0.1, 0.15) is 32.1 Å². The maximum absolute atomic E-state index is 12.0. The zero-order valence-electron chi connectivity index (χ0n) is 12.1. The molecule has 0 N–H and O–H groups in total. The fourth-order valence-corrected chi connectivity index (χ4v) is 2.08. The molecule has 3 heterocycles. The van der Waals surface area contributed by atoms with E-state index in [2.05, 4.69) is 14.7 Å². The number of fused-ring (bicyclic) bond motifs is 1. The molecule has 7 heteroatoms. The van der Waals surface area contributed by atoms with E-state index in [1.54, 1.807) is 35.9 Å². The summed E-state index contributed by atoms with van der Waals surface area (Å²) in [6.45, 7) is 3.17. The number of ketones is 1. The molecule has 0 saturated heterocycles. The van der Waals surface area contributed by atoms with Crippen molar-refractivity contribution in [2.24, 2.45) is 0 Å². The molecule has 0 fully saturated rings. The second kappa shape index (κ2) is 5.44. The van der Waals surface area contributed by atoms with Crippen LogP contribution in [0.25, 0.3) is 5.65 Å². The first-order valence-electron chi connectivity index (χ1n) is 6.61. The molecule has 0 spiro atoms. The lowest BCUT2D eigenvalue weighted by Gasteiger charge is -2.05. The normalized spacial score (nSPS) is 10.8. The molecule has 0 aliphatic heterocycles. The van der Waals surface area contributed by atoms with Crippen molar-refractivity contribution in [2.75, 3.05) is 6.61 Å². The van der Waals surface area contributed by atoms with Gasteiger partial charge in [0, 0.05) is 18.1 Å². The van der Waals surface area contributed by atoms with E-state index in [0.717, 1.165) is 11.3 Å². The highest BCUT2D eigenvalue weighted by Crippen LogP contribution is 2.11. The van der Waals surface area contributed by atoms with Crippen LogP contribution >= 0.6 is 0 Å². The van der Waals surface area contributed by atoms with E-state index >= 15 is 0 Å². The smallest absolute Gasteiger partial charge is 0.340 e. The third kappa shape index (κ3) is 2.48. The van der Waals surface area contributed by atoms with Crippen molar-refractivity contribution >= 4 is 17.4 Å².